The molecule has 9 nitrogen and oxygen atoms in total. The third-order valence-electron chi connectivity index (χ3n) is 7.17. The van der Waals surface area contributed by atoms with Gasteiger partial charge < -0.3 is 14.6 Å². The SMILES string of the molecule is CCC(c1nc(C2CC2)no1)N1CCC(n2ncc(NC[C@@]3(F)CCCOC3)c(Cl)c2=O)CC1. The summed E-state index contributed by atoms with van der Waals surface area (Å²) in [6, 6.07) is 0.0364. The maximum absolute atomic E-state index is 14.8. The number of piperidine rings is 1. The number of anilines is 1. The van der Waals surface area contributed by atoms with Crippen LogP contribution in [0.1, 0.15) is 81.6 Å². The third kappa shape index (κ3) is 4.99. The van der Waals surface area contributed by atoms with Crippen LogP contribution in [-0.2, 0) is 4.74 Å². The van der Waals surface area contributed by atoms with E-state index in [9.17, 15) is 9.18 Å². The van der Waals surface area contributed by atoms with E-state index in [0.717, 1.165) is 51.0 Å². The van der Waals surface area contributed by atoms with Crippen molar-refractivity contribution in [3.05, 3.63) is 33.3 Å². The van der Waals surface area contributed by atoms with Crippen molar-refractivity contribution < 1.29 is 13.7 Å². The molecule has 0 amide bonds. The van der Waals surface area contributed by atoms with E-state index in [1.165, 1.54) is 10.9 Å². The van der Waals surface area contributed by atoms with E-state index in [-0.39, 0.29) is 35.8 Å². The number of ether oxygens (including phenoxy) is 1. The van der Waals surface area contributed by atoms with Gasteiger partial charge in [0.1, 0.15) is 5.02 Å². The van der Waals surface area contributed by atoms with Crippen LogP contribution in [0.15, 0.2) is 15.5 Å². The monoisotopic (exact) mass is 494 g/mol. The molecule has 186 valence electrons. The van der Waals surface area contributed by atoms with Crippen molar-refractivity contribution in [1.82, 2.24) is 24.8 Å². The molecule has 0 spiro atoms. The Morgan fingerprint density at radius 2 is 2.12 bits per heavy atom. The number of likely N-dealkylation sites (tertiary alicyclic amines) is 1. The standard InChI is InChI=1S/C23H32ClFN6O3/c1-2-18(21-28-20(29-34-21)15-4-5-15)30-9-6-16(7-10-30)31-22(32)19(24)17(12-27-31)26-13-23(25)8-3-11-33-14-23/h12,15-16,18,26H,2-11,13-14H2,1H3/t18?,23-/m0/s1. The molecule has 0 bridgehead atoms. The zero-order valence-electron chi connectivity index (χ0n) is 19.5. The maximum atomic E-state index is 14.8. The average Bonchev–Trinajstić information content (AvgIpc) is 3.59. The molecule has 0 radical (unpaired) electrons. The summed E-state index contributed by atoms with van der Waals surface area (Å²) >= 11 is 6.37. The fourth-order valence-electron chi connectivity index (χ4n) is 4.96. The highest BCUT2D eigenvalue weighted by atomic mass is 35.5. The average molecular weight is 495 g/mol. The van der Waals surface area contributed by atoms with Crippen molar-refractivity contribution in [3.8, 4) is 0 Å². The Morgan fingerprint density at radius 1 is 1.32 bits per heavy atom. The minimum atomic E-state index is -1.46. The zero-order chi connectivity index (χ0) is 23.7. The number of hydrogen-bond acceptors (Lipinski definition) is 8. The first-order valence-corrected chi connectivity index (χ1v) is 12.7. The van der Waals surface area contributed by atoms with E-state index in [2.05, 4.69) is 32.4 Å². The Balaban J connectivity index is 1.21. The predicted octanol–water partition coefficient (Wildman–Crippen LogP) is 3.88. The van der Waals surface area contributed by atoms with E-state index in [4.69, 9.17) is 20.9 Å². The molecule has 1 saturated carbocycles. The van der Waals surface area contributed by atoms with Crippen LogP contribution in [0.3, 0.4) is 0 Å². The number of aromatic nitrogens is 4. The van der Waals surface area contributed by atoms with Gasteiger partial charge in [0.15, 0.2) is 11.5 Å². The largest absolute Gasteiger partial charge is 0.379 e. The fraction of sp³-hybridized carbons (Fsp3) is 0.739. The van der Waals surface area contributed by atoms with Crippen LogP contribution >= 0.6 is 11.6 Å². The summed E-state index contributed by atoms with van der Waals surface area (Å²) in [7, 11) is 0. The normalized spacial score (nSPS) is 25.4. The van der Waals surface area contributed by atoms with Crippen LogP contribution in [0.5, 0.6) is 0 Å². The topological polar surface area (TPSA) is 98.3 Å². The van der Waals surface area contributed by atoms with Gasteiger partial charge in [-0.1, -0.05) is 23.7 Å². The van der Waals surface area contributed by atoms with E-state index in [1.54, 1.807) is 0 Å². The second kappa shape index (κ2) is 9.91. The van der Waals surface area contributed by atoms with Gasteiger partial charge in [-0.2, -0.15) is 10.1 Å². The van der Waals surface area contributed by atoms with Gasteiger partial charge in [-0.3, -0.25) is 9.69 Å². The number of halogens is 2. The minimum absolute atomic E-state index is 0.0345. The smallest absolute Gasteiger partial charge is 0.287 e. The second-order valence-corrected chi connectivity index (χ2v) is 10.1. The molecular formula is C23H32ClFN6O3. The number of hydrogen-bond donors (Lipinski definition) is 1. The molecule has 0 aromatic carbocycles. The highest BCUT2D eigenvalue weighted by Gasteiger charge is 2.34. The lowest BCUT2D eigenvalue weighted by atomic mass is 9.99. The first-order valence-electron chi connectivity index (χ1n) is 12.3. The quantitative estimate of drug-likeness (QED) is 0.590. The van der Waals surface area contributed by atoms with Crippen molar-refractivity contribution in [1.29, 1.82) is 0 Å². The van der Waals surface area contributed by atoms with Gasteiger partial charge in [0.05, 0.1) is 37.1 Å². The molecule has 2 aromatic rings. The molecule has 2 aliphatic heterocycles. The molecule has 34 heavy (non-hydrogen) atoms. The fourth-order valence-corrected chi connectivity index (χ4v) is 5.16. The molecule has 2 atom stereocenters. The summed E-state index contributed by atoms with van der Waals surface area (Å²) in [6.45, 7) is 4.37. The summed E-state index contributed by atoms with van der Waals surface area (Å²) < 4.78 is 27.1. The predicted molar refractivity (Wildman–Crippen MR) is 125 cm³/mol. The number of alkyl halides is 1. The first kappa shape index (κ1) is 23.7. The molecule has 1 unspecified atom stereocenters. The molecule has 1 aliphatic carbocycles. The zero-order valence-corrected chi connectivity index (χ0v) is 20.3. The van der Waals surface area contributed by atoms with Gasteiger partial charge >= 0.3 is 0 Å². The molecule has 3 fully saturated rings. The molecule has 2 saturated heterocycles. The summed E-state index contributed by atoms with van der Waals surface area (Å²) in [4.78, 5) is 19.9. The second-order valence-electron chi connectivity index (χ2n) is 9.74. The van der Waals surface area contributed by atoms with E-state index < -0.39 is 5.67 Å². The van der Waals surface area contributed by atoms with Crippen molar-refractivity contribution in [3.63, 3.8) is 0 Å². The molecule has 4 heterocycles. The van der Waals surface area contributed by atoms with Gasteiger partial charge in [0.2, 0.25) is 5.89 Å². The van der Waals surface area contributed by atoms with Crippen molar-refractivity contribution >= 4 is 17.3 Å². The third-order valence-corrected chi connectivity index (χ3v) is 7.54. The Labute approximate surface area is 203 Å². The summed E-state index contributed by atoms with van der Waals surface area (Å²) in [5.41, 5.74) is -1.45. The van der Waals surface area contributed by atoms with E-state index in [1.807, 2.05) is 0 Å². The van der Waals surface area contributed by atoms with Crippen molar-refractivity contribution in [2.24, 2.45) is 0 Å². The number of nitrogens with zero attached hydrogens (tertiary/aromatic N) is 5. The highest BCUT2D eigenvalue weighted by molar-refractivity contribution is 6.32. The summed E-state index contributed by atoms with van der Waals surface area (Å²) in [5, 5.41) is 11.5. The highest BCUT2D eigenvalue weighted by Crippen LogP contribution is 2.39. The Morgan fingerprint density at radius 3 is 2.79 bits per heavy atom. The van der Waals surface area contributed by atoms with E-state index in [0.29, 0.717) is 36.9 Å². The van der Waals surface area contributed by atoms with Crippen LogP contribution < -0.4 is 10.9 Å². The lowest BCUT2D eigenvalue weighted by Gasteiger charge is -2.35. The minimum Gasteiger partial charge on any atom is -0.379 e. The Bertz CT molecular complexity index is 1040. The Hall–Kier alpha value is -2.04. The van der Waals surface area contributed by atoms with Crippen LogP contribution in [0, 0.1) is 0 Å². The summed E-state index contributed by atoms with van der Waals surface area (Å²) in [5.74, 6) is 1.98. The molecule has 2 aromatic heterocycles. The lowest BCUT2D eigenvalue weighted by molar-refractivity contribution is -0.0234. The van der Waals surface area contributed by atoms with Gasteiger partial charge in [-0.05, 0) is 44.9 Å². The van der Waals surface area contributed by atoms with Crippen LogP contribution in [-0.4, -0.2) is 63.3 Å². The number of nitrogens with one attached hydrogen (secondary N) is 1. The lowest BCUT2D eigenvalue weighted by Crippen LogP contribution is -2.41. The Kier molecular flexibility index (Phi) is 6.90. The maximum Gasteiger partial charge on any atom is 0.287 e. The van der Waals surface area contributed by atoms with Crippen LogP contribution in [0.25, 0.3) is 0 Å². The van der Waals surface area contributed by atoms with Gasteiger partial charge in [0.25, 0.3) is 5.56 Å². The summed E-state index contributed by atoms with van der Waals surface area (Å²) in [6.07, 6.45) is 7.31. The first-order chi connectivity index (χ1) is 16.5. The van der Waals surface area contributed by atoms with E-state index >= 15 is 0 Å². The molecule has 1 N–H and O–H groups in total. The van der Waals surface area contributed by atoms with Gasteiger partial charge in [-0.25, -0.2) is 9.07 Å². The molecule has 11 heteroatoms. The molecule has 3 aliphatic rings. The van der Waals surface area contributed by atoms with Gasteiger partial charge in [0, 0.05) is 25.6 Å². The van der Waals surface area contributed by atoms with Crippen LogP contribution in [0.4, 0.5) is 10.1 Å². The molecular weight excluding hydrogens is 463 g/mol. The van der Waals surface area contributed by atoms with Crippen molar-refractivity contribution in [2.75, 3.05) is 38.2 Å². The number of rotatable bonds is 8. The molecule has 5 rings (SSSR count). The van der Waals surface area contributed by atoms with Crippen molar-refractivity contribution in [2.45, 2.75) is 75.5 Å². The van der Waals surface area contributed by atoms with Gasteiger partial charge in [-0.15, -0.1) is 0 Å². The van der Waals surface area contributed by atoms with Crippen LogP contribution in [0.2, 0.25) is 5.02 Å².